The second-order valence-corrected chi connectivity index (χ2v) is 9.77. The molecule has 1 aliphatic carbocycles. The molecule has 182 valence electrons. The van der Waals surface area contributed by atoms with E-state index >= 15 is 0 Å². The molecule has 0 saturated heterocycles. The molecule has 2 atom stereocenters. The summed E-state index contributed by atoms with van der Waals surface area (Å²) in [5.41, 5.74) is 4.58. The lowest BCUT2D eigenvalue weighted by atomic mass is 9.87. The third-order valence-corrected chi connectivity index (χ3v) is 6.92. The maximum atomic E-state index is 13.2. The van der Waals surface area contributed by atoms with Crippen LogP contribution in [0.15, 0.2) is 65.3 Å². The number of fused-ring (bicyclic) bond motifs is 1. The summed E-state index contributed by atoms with van der Waals surface area (Å²) in [7, 11) is 1.74. The number of hydrogen-bond acceptors (Lipinski definition) is 4. The van der Waals surface area contributed by atoms with E-state index in [0.29, 0.717) is 18.8 Å². The maximum Gasteiger partial charge on any atom is 0.263 e. The minimum Gasteiger partial charge on any atom is -0.481 e. The van der Waals surface area contributed by atoms with Gasteiger partial charge in [-0.05, 0) is 74.1 Å². The standard InChI is InChI=1S/C29H32N2O4/c1-19-6-4-7-23(16-19)27-26-17-24(12-11-21(26)13-14-31(27)29(33)22-9-10-22)35-20(2)28(32)30(3)18-25-8-5-15-34-25/h4-8,11-12,15-17,20,22,27H,9-10,13-14,18H2,1-3H3/t20-,27-/m0/s1. The molecule has 1 saturated carbocycles. The Morgan fingerprint density at radius 3 is 2.69 bits per heavy atom. The van der Waals surface area contributed by atoms with Gasteiger partial charge in [-0.25, -0.2) is 0 Å². The van der Waals surface area contributed by atoms with Crippen molar-refractivity contribution in [1.29, 1.82) is 0 Å². The highest BCUT2D eigenvalue weighted by Crippen LogP contribution is 2.41. The van der Waals surface area contributed by atoms with Gasteiger partial charge >= 0.3 is 0 Å². The number of carbonyl (C=O) groups is 2. The number of carbonyl (C=O) groups excluding carboxylic acids is 2. The van der Waals surface area contributed by atoms with E-state index in [0.717, 1.165) is 36.1 Å². The molecule has 2 aliphatic rings. The molecule has 5 rings (SSSR count). The molecule has 2 amide bonds. The zero-order chi connectivity index (χ0) is 24.5. The van der Waals surface area contributed by atoms with Crippen molar-refractivity contribution in [3.05, 3.63) is 88.9 Å². The average molecular weight is 473 g/mol. The topological polar surface area (TPSA) is 63.0 Å². The Hall–Kier alpha value is -3.54. The Labute approximate surface area is 206 Å². The Bertz CT molecular complexity index is 1220. The van der Waals surface area contributed by atoms with Crippen molar-refractivity contribution in [2.45, 2.75) is 51.8 Å². The summed E-state index contributed by atoms with van der Waals surface area (Å²) in [6.07, 6.45) is 3.73. The van der Waals surface area contributed by atoms with E-state index < -0.39 is 6.10 Å². The summed E-state index contributed by atoms with van der Waals surface area (Å²) in [5, 5.41) is 0. The highest BCUT2D eigenvalue weighted by Gasteiger charge is 2.39. The zero-order valence-electron chi connectivity index (χ0n) is 20.6. The second kappa shape index (κ2) is 9.61. The van der Waals surface area contributed by atoms with Gasteiger partial charge in [-0.1, -0.05) is 35.9 Å². The van der Waals surface area contributed by atoms with Gasteiger partial charge in [-0.15, -0.1) is 0 Å². The molecule has 1 aromatic heterocycles. The molecule has 0 radical (unpaired) electrons. The van der Waals surface area contributed by atoms with Crippen molar-refractivity contribution in [3.8, 4) is 5.75 Å². The van der Waals surface area contributed by atoms with Gasteiger partial charge in [0, 0.05) is 19.5 Å². The lowest BCUT2D eigenvalue weighted by Gasteiger charge is -2.38. The third-order valence-electron chi connectivity index (χ3n) is 6.92. The molecule has 2 heterocycles. The average Bonchev–Trinajstić information content (AvgIpc) is 3.58. The first-order valence-corrected chi connectivity index (χ1v) is 12.3. The molecule has 6 nitrogen and oxygen atoms in total. The third kappa shape index (κ3) is 4.97. The molecule has 1 aliphatic heterocycles. The largest absolute Gasteiger partial charge is 0.481 e. The summed E-state index contributed by atoms with van der Waals surface area (Å²) in [5.74, 6) is 1.64. The fraction of sp³-hybridized carbons (Fsp3) is 0.379. The van der Waals surface area contributed by atoms with Crippen LogP contribution in [0.4, 0.5) is 0 Å². The van der Waals surface area contributed by atoms with Crippen LogP contribution < -0.4 is 4.74 Å². The first-order chi connectivity index (χ1) is 16.9. The summed E-state index contributed by atoms with van der Waals surface area (Å²) < 4.78 is 11.5. The summed E-state index contributed by atoms with van der Waals surface area (Å²) in [6.45, 7) is 4.94. The van der Waals surface area contributed by atoms with E-state index in [1.807, 2.05) is 29.2 Å². The molecule has 6 heteroatoms. The monoisotopic (exact) mass is 472 g/mol. The van der Waals surface area contributed by atoms with Gasteiger partial charge < -0.3 is 19.0 Å². The van der Waals surface area contributed by atoms with Gasteiger partial charge in [-0.2, -0.15) is 0 Å². The van der Waals surface area contributed by atoms with Crippen LogP contribution in [0.5, 0.6) is 5.75 Å². The van der Waals surface area contributed by atoms with E-state index in [1.165, 1.54) is 11.1 Å². The number of ether oxygens (including phenoxy) is 1. The van der Waals surface area contributed by atoms with Gasteiger partial charge in [0.1, 0.15) is 11.5 Å². The molecule has 0 unspecified atom stereocenters. The summed E-state index contributed by atoms with van der Waals surface area (Å²) in [6, 6.07) is 17.9. The fourth-order valence-corrected chi connectivity index (χ4v) is 4.95. The second-order valence-electron chi connectivity index (χ2n) is 9.77. The van der Waals surface area contributed by atoms with Crippen LogP contribution in [0.2, 0.25) is 0 Å². The normalized spacial score (nSPS) is 18.0. The molecule has 0 N–H and O–H groups in total. The van der Waals surface area contributed by atoms with E-state index in [1.54, 1.807) is 25.1 Å². The number of nitrogens with zero attached hydrogens (tertiary/aromatic N) is 2. The molecule has 0 bridgehead atoms. The molecule has 2 aromatic carbocycles. The number of rotatable bonds is 7. The van der Waals surface area contributed by atoms with Gasteiger partial charge in [-0.3, -0.25) is 9.59 Å². The molecular weight excluding hydrogens is 440 g/mol. The van der Waals surface area contributed by atoms with Crippen LogP contribution in [0.25, 0.3) is 0 Å². The Morgan fingerprint density at radius 2 is 1.97 bits per heavy atom. The predicted molar refractivity (Wildman–Crippen MR) is 133 cm³/mol. The Balaban J connectivity index is 1.40. The van der Waals surface area contributed by atoms with Crippen LogP contribution in [-0.2, 0) is 22.6 Å². The molecule has 0 spiro atoms. The smallest absolute Gasteiger partial charge is 0.263 e. The minimum absolute atomic E-state index is 0.125. The van der Waals surface area contributed by atoms with E-state index in [4.69, 9.17) is 9.15 Å². The van der Waals surface area contributed by atoms with Crippen molar-refractivity contribution in [3.63, 3.8) is 0 Å². The zero-order valence-corrected chi connectivity index (χ0v) is 20.6. The quantitative estimate of drug-likeness (QED) is 0.491. The van der Waals surface area contributed by atoms with Gasteiger partial charge in [0.25, 0.3) is 5.91 Å². The van der Waals surface area contributed by atoms with Crippen LogP contribution in [0.1, 0.15) is 53.8 Å². The van der Waals surface area contributed by atoms with Crippen molar-refractivity contribution in [1.82, 2.24) is 9.80 Å². The van der Waals surface area contributed by atoms with Crippen molar-refractivity contribution in [2.24, 2.45) is 5.92 Å². The fourth-order valence-electron chi connectivity index (χ4n) is 4.95. The predicted octanol–water partition coefficient (Wildman–Crippen LogP) is 4.90. The number of amides is 2. The number of aryl methyl sites for hydroxylation is 1. The van der Waals surface area contributed by atoms with Crippen molar-refractivity contribution >= 4 is 11.8 Å². The number of hydrogen-bond donors (Lipinski definition) is 0. The van der Waals surface area contributed by atoms with Crippen LogP contribution in [0.3, 0.4) is 0 Å². The maximum absolute atomic E-state index is 13.2. The molecule has 1 fully saturated rings. The van der Waals surface area contributed by atoms with Crippen molar-refractivity contribution < 1.29 is 18.7 Å². The molecular formula is C29H32N2O4. The lowest BCUT2D eigenvalue weighted by molar-refractivity contribution is -0.137. The van der Waals surface area contributed by atoms with Gasteiger partial charge in [0.15, 0.2) is 6.10 Å². The number of benzene rings is 2. The SMILES string of the molecule is Cc1cccc([C@H]2c3cc(O[C@@H](C)C(=O)N(C)Cc4ccco4)ccc3CCN2C(=O)C2CC2)c1. The molecule has 35 heavy (non-hydrogen) atoms. The first kappa shape index (κ1) is 23.2. The number of likely N-dealkylation sites (N-methyl/N-ethyl adjacent to an activating group) is 1. The van der Waals surface area contributed by atoms with Gasteiger partial charge in [0.2, 0.25) is 5.91 Å². The van der Waals surface area contributed by atoms with E-state index in [9.17, 15) is 9.59 Å². The highest BCUT2D eigenvalue weighted by molar-refractivity contribution is 5.82. The molecule has 3 aromatic rings. The Morgan fingerprint density at radius 1 is 1.14 bits per heavy atom. The van der Waals surface area contributed by atoms with Crippen LogP contribution in [0, 0.1) is 12.8 Å². The highest BCUT2D eigenvalue weighted by atomic mass is 16.5. The summed E-state index contributed by atoms with van der Waals surface area (Å²) in [4.78, 5) is 29.8. The Kier molecular flexibility index (Phi) is 6.37. The lowest BCUT2D eigenvalue weighted by Crippen LogP contribution is -2.41. The van der Waals surface area contributed by atoms with Crippen LogP contribution >= 0.6 is 0 Å². The van der Waals surface area contributed by atoms with Crippen molar-refractivity contribution in [2.75, 3.05) is 13.6 Å². The minimum atomic E-state index is -0.654. The summed E-state index contributed by atoms with van der Waals surface area (Å²) >= 11 is 0. The number of furan rings is 1. The van der Waals surface area contributed by atoms with E-state index in [2.05, 4.69) is 37.3 Å². The first-order valence-electron chi connectivity index (χ1n) is 12.3. The van der Waals surface area contributed by atoms with Crippen LogP contribution in [-0.4, -0.2) is 41.3 Å². The van der Waals surface area contributed by atoms with Gasteiger partial charge in [0.05, 0.1) is 18.8 Å². The van der Waals surface area contributed by atoms with E-state index in [-0.39, 0.29) is 23.8 Å².